The number of fused-ring (bicyclic) bond motifs is 1. The fourth-order valence-electron chi connectivity index (χ4n) is 2.52. The van der Waals surface area contributed by atoms with E-state index in [1.54, 1.807) is 11.1 Å². The molecule has 0 saturated carbocycles. The molecule has 1 aliphatic rings. The van der Waals surface area contributed by atoms with E-state index in [0.29, 0.717) is 5.92 Å². The van der Waals surface area contributed by atoms with Crippen LogP contribution in [0.15, 0.2) is 24.3 Å². The average Bonchev–Trinajstić information content (AvgIpc) is 2.29. The van der Waals surface area contributed by atoms with Crippen LogP contribution < -0.4 is 5.32 Å². The third kappa shape index (κ3) is 2.99. The molecule has 1 aromatic carbocycles. The second-order valence-electron chi connectivity index (χ2n) is 4.73. The van der Waals surface area contributed by atoms with E-state index in [0.717, 1.165) is 13.1 Å². The molecule has 0 fully saturated rings. The Bertz CT molecular complexity index is 335. The van der Waals surface area contributed by atoms with Gasteiger partial charge in [-0.15, -0.1) is 11.6 Å². The van der Waals surface area contributed by atoms with Crippen LogP contribution >= 0.6 is 11.6 Å². The second kappa shape index (κ2) is 5.70. The highest BCUT2D eigenvalue weighted by Gasteiger charge is 2.19. The summed E-state index contributed by atoms with van der Waals surface area (Å²) in [5.74, 6) is 0.681. The van der Waals surface area contributed by atoms with Crippen molar-refractivity contribution in [2.24, 2.45) is 0 Å². The van der Waals surface area contributed by atoms with Gasteiger partial charge in [0.2, 0.25) is 0 Å². The Morgan fingerprint density at radius 3 is 3.06 bits per heavy atom. The quantitative estimate of drug-likeness (QED) is 0.793. The molecule has 88 valence electrons. The molecule has 0 heterocycles. The molecule has 2 unspecified atom stereocenters. The third-order valence-corrected chi connectivity index (χ3v) is 3.46. The van der Waals surface area contributed by atoms with Gasteiger partial charge in [0.1, 0.15) is 0 Å². The van der Waals surface area contributed by atoms with Crippen molar-refractivity contribution in [1.82, 2.24) is 5.32 Å². The summed E-state index contributed by atoms with van der Waals surface area (Å²) in [6, 6.07) is 8.85. The van der Waals surface area contributed by atoms with Crippen molar-refractivity contribution in [2.75, 3.05) is 13.1 Å². The summed E-state index contributed by atoms with van der Waals surface area (Å²) in [5, 5.41) is 3.68. The van der Waals surface area contributed by atoms with Gasteiger partial charge in [-0.3, -0.25) is 0 Å². The zero-order valence-corrected chi connectivity index (χ0v) is 10.6. The van der Waals surface area contributed by atoms with Gasteiger partial charge in [-0.1, -0.05) is 24.3 Å². The van der Waals surface area contributed by atoms with E-state index in [2.05, 4.69) is 29.6 Å². The maximum absolute atomic E-state index is 5.93. The van der Waals surface area contributed by atoms with E-state index in [-0.39, 0.29) is 5.38 Å². The largest absolute Gasteiger partial charge is 0.315 e. The fourth-order valence-corrected chi connectivity index (χ4v) is 2.63. The van der Waals surface area contributed by atoms with Crippen molar-refractivity contribution < 1.29 is 0 Å². The number of rotatable bonds is 4. The Kier molecular flexibility index (Phi) is 4.25. The lowest BCUT2D eigenvalue weighted by Gasteiger charge is -2.25. The summed E-state index contributed by atoms with van der Waals surface area (Å²) >= 11 is 5.93. The number of hydrogen-bond acceptors (Lipinski definition) is 1. The SMILES string of the molecule is CC(Cl)CNCC1CCCc2ccccc21. The van der Waals surface area contributed by atoms with Crippen molar-refractivity contribution in [1.29, 1.82) is 0 Å². The molecule has 1 aliphatic carbocycles. The zero-order valence-electron chi connectivity index (χ0n) is 9.88. The normalized spacial score (nSPS) is 21.5. The minimum absolute atomic E-state index is 0.221. The van der Waals surface area contributed by atoms with Crippen molar-refractivity contribution in [3.8, 4) is 0 Å². The number of alkyl halides is 1. The van der Waals surface area contributed by atoms with Gasteiger partial charge in [-0.25, -0.2) is 0 Å². The number of benzene rings is 1. The van der Waals surface area contributed by atoms with Gasteiger partial charge in [0, 0.05) is 18.5 Å². The Labute approximate surface area is 103 Å². The van der Waals surface area contributed by atoms with Gasteiger partial charge < -0.3 is 5.32 Å². The average molecular weight is 238 g/mol. The Balaban J connectivity index is 1.96. The van der Waals surface area contributed by atoms with E-state index in [1.165, 1.54) is 19.3 Å². The molecule has 0 amide bonds. The lowest BCUT2D eigenvalue weighted by Crippen LogP contribution is -2.28. The first-order valence-corrected chi connectivity index (χ1v) is 6.63. The van der Waals surface area contributed by atoms with Crippen LogP contribution in [0, 0.1) is 0 Å². The molecule has 2 heteroatoms. The number of aryl methyl sites for hydroxylation is 1. The first kappa shape index (κ1) is 11.9. The highest BCUT2D eigenvalue weighted by Crippen LogP contribution is 2.30. The number of nitrogens with one attached hydrogen (secondary N) is 1. The molecular formula is C14H20ClN. The molecule has 0 spiro atoms. The van der Waals surface area contributed by atoms with Crippen molar-refractivity contribution >= 4 is 11.6 Å². The standard InChI is InChI=1S/C14H20ClN/c1-11(15)9-16-10-13-7-4-6-12-5-2-3-8-14(12)13/h2-3,5,8,11,13,16H,4,6-7,9-10H2,1H3. The summed E-state index contributed by atoms with van der Waals surface area (Å²) in [6.45, 7) is 4.00. The van der Waals surface area contributed by atoms with E-state index in [9.17, 15) is 0 Å². The van der Waals surface area contributed by atoms with Crippen LogP contribution in [0.4, 0.5) is 0 Å². The molecule has 0 radical (unpaired) electrons. The van der Waals surface area contributed by atoms with Gasteiger partial charge in [0.15, 0.2) is 0 Å². The fraction of sp³-hybridized carbons (Fsp3) is 0.571. The van der Waals surface area contributed by atoms with Crippen LogP contribution in [0.5, 0.6) is 0 Å². The van der Waals surface area contributed by atoms with Crippen LogP contribution in [-0.4, -0.2) is 18.5 Å². The maximum Gasteiger partial charge on any atom is 0.0432 e. The maximum atomic E-state index is 5.93. The lowest BCUT2D eigenvalue weighted by molar-refractivity contribution is 0.508. The van der Waals surface area contributed by atoms with Crippen molar-refractivity contribution in [2.45, 2.75) is 37.5 Å². The molecule has 16 heavy (non-hydrogen) atoms. The predicted molar refractivity (Wildman–Crippen MR) is 70.3 cm³/mol. The molecule has 0 aliphatic heterocycles. The van der Waals surface area contributed by atoms with Gasteiger partial charge >= 0.3 is 0 Å². The highest BCUT2D eigenvalue weighted by atomic mass is 35.5. The summed E-state index contributed by atoms with van der Waals surface area (Å²) in [7, 11) is 0. The summed E-state index contributed by atoms with van der Waals surface area (Å²) in [4.78, 5) is 0. The van der Waals surface area contributed by atoms with E-state index >= 15 is 0 Å². The number of halogens is 1. The van der Waals surface area contributed by atoms with Crippen LogP contribution in [-0.2, 0) is 6.42 Å². The third-order valence-electron chi connectivity index (χ3n) is 3.31. The van der Waals surface area contributed by atoms with Gasteiger partial charge in [-0.2, -0.15) is 0 Å². The van der Waals surface area contributed by atoms with Crippen LogP contribution in [0.1, 0.15) is 36.8 Å². The zero-order chi connectivity index (χ0) is 11.4. The van der Waals surface area contributed by atoms with E-state index in [1.807, 2.05) is 6.92 Å². The number of hydrogen-bond donors (Lipinski definition) is 1. The molecule has 1 nitrogen and oxygen atoms in total. The van der Waals surface area contributed by atoms with Crippen molar-refractivity contribution in [3.05, 3.63) is 35.4 Å². The first-order valence-electron chi connectivity index (χ1n) is 6.20. The highest BCUT2D eigenvalue weighted by molar-refractivity contribution is 6.20. The Morgan fingerprint density at radius 1 is 1.44 bits per heavy atom. The minimum atomic E-state index is 0.221. The van der Waals surface area contributed by atoms with Crippen LogP contribution in [0.2, 0.25) is 0 Å². The first-order chi connectivity index (χ1) is 7.77. The minimum Gasteiger partial charge on any atom is -0.315 e. The van der Waals surface area contributed by atoms with Crippen LogP contribution in [0.25, 0.3) is 0 Å². The Morgan fingerprint density at radius 2 is 2.25 bits per heavy atom. The lowest BCUT2D eigenvalue weighted by atomic mass is 9.83. The molecule has 0 bridgehead atoms. The molecule has 0 aromatic heterocycles. The van der Waals surface area contributed by atoms with E-state index < -0.39 is 0 Å². The Hall–Kier alpha value is -0.530. The molecule has 0 saturated heterocycles. The van der Waals surface area contributed by atoms with Gasteiger partial charge in [0.05, 0.1) is 0 Å². The smallest absolute Gasteiger partial charge is 0.0432 e. The predicted octanol–water partition coefficient (Wildman–Crippen LogP) is 3.32. The van der Waals surface area contributed by atoms with E-state index in [4.69, 9.17) is 11.6 Å². The molecule has 1 aromatic rings. The van der Waals surface area contributed by atoms with Gasteiger partial charge in [0.25, 0.3) is 0 Å². The summed E-state index contributed by atoms with van der Waals surface area (Å²) in [5.41, 5.74) is 3.09. The molecule has 2 rings (SSSR count). The summed E-state index contributed by atoms with van der Waals surface area (Å²) in [6.07, 6.45) is 3.87. The second-order valence-corrected chi connectivity index (χ2v) is 5.47. The molecular weight excluding hydrogens is 218 g/mol. The summed E-state index contributed by atoms with van der Waals surface area (Å²) < 4.78 is 0. The van der Waals surface area contributed by atoms with Crippen LogP contribution in [0.3, 0.4) is 0 Å². The molecule has 2 atom stereocenters. The van der Waals surface area contributed by atoms with Gasteiger partial charge in [-0.05, 0) is 43.2 Å². The topological polar surface area (TPSA) is 12.0 Å². The monoisotopic (exact) mass is 237 g/mol. The van der Waals surface area contributed by atoms with Crippen molar-refractivity contribution in [3.63, 3.8) is 0 Å². The molecule has 1 N–H and O–H groups in total.